The molecule has 0 bridgehead atoms. The van der Waals surface area contributed by atoms with E-state index in [2.05, 4.69) is 41.5 Å². The molecule has 116 valence electrons. The quantitative estimate of drug-likeness (QED) is 0.769. The molecule has 20 heavy (non-hydrogen) atoms. The third-order valence-corrected chi connectivity index (χ3v) is 5.11. The first-order valence-electron chi connectivity index (χ1n) is 7.95. The number of hydrogen-bond acceptors (Lipinski definition) is 4. The van der Waals surface area contributed by atoms with E-state index in [0.717, 1.165) is 58.5 Å². The number of rotatable bonds is 4. The van der Waals surface area contributed by atoms with Gasteiger partial charge in [0.1, 0.15) is 0 Å². The summed E-state index contributed by atoms with van der Waals surface area (Å²) in [5.41, 5.74) is -0.183. The Bertz CT molecular complexity index is 328. The molecule has 2 atom stereocenters. The molecule has 2 rings (SSSR count). The van der Waals surface area contributed by atoms with Crippen molar-refractivity contribution in [3.63, 3.8) is 0 Å². The molecule has 2 N–H and O–H groups in total. The molecule has 2 saturated heterocycles. The third-order valence-electron chi connectivity index (χ3n) is 5.11. The van der Waals surface area contributed by atoms with Crippen molar-refractivity contribution in [3.05, 3.63) is 0 Å². The Morgan fingerprint density at radius 2 is 2.20 bits per heavy atom. The van der Waals surface area contributed by atoms with E-state index in [1.807, 2.05) is 0 Å². The van der Waals surface area contributed by atoms with Gasteiger partial charge in [-0.3, -0.25) is 9.69 Å². The molecule has 0 aromatic heterocycles. The lowest BCUT2D eigenvalue weighted by Gasteiger charge is -2.39. The number of carbonyl (C=O) groups is 1. The van der Waals surface area contributed by atoms with Crippen molar-refractivity contribution in [2.45, 2.75) is 32.2 Å². The summed E-state index contributed by atoms with van der Waals surface area (Å²) in [6, 6.07) is 0.433. The van der Waals surface area contributed by atoms with Crippen LogP contribution in [-0.4, -0.2) is 75.1 Å². The predicted molar refractivity (Wildman–Crippen MR) is 81.8 cm³/mol. The molecule has 0 aromatic carbocycles. The van der Waals surface area contributed by atoms with E-state index < -0.39 is 0 Å². The highest BCUT2D eigenvalue weighted by molar-refractivity contribution is 5.83. The van der Waals surface area contributed by atoms with E-state index in [-0.39, 0.29) is 11.3 Å². The lowest BCUT2D eigenvalue weighted by molar-refractivity contribution is -0.132. The van der Waals surface area contributed by atoms with E-state index in [1.54, 1.807) is 0 Å². The third kappa shape index (κ3) is 3.51. The van der Waals surface area contributed by atoms with Gasteiger partial charge in [0.15, 0.2) is 0 Å². The predicted octanol–water partition coefficient (Wildman–Crippen LogP) is 0.128. The summed E-state index contributed by atoms with van der Waals surface area (Å²) in [5.74, 6) is 0.244. The second-order valence-electron chi connectivity index (χ2n) is 6.52. The first-order chi connectivity index (χ1) is 9.57. The van der Waals surface area contributed by atoms with Crippen LogP contribution in [0, 0.1) is 5.41 Å². The monoisotopic (exact) mass is 282 g/mol. The van der Waals surface area contributed by atoms with Gasteiger partial charge in [0.05, 0.1) is 5.41 Å². The van der Waals surface area contributed by atoms with Crippen LogP contribution in [0.25, 0.3) is 0 Å². The molecule has 2 aliphatic heterocycles. The highest BCUT2D eigenvalue weighted by Gasteiger charge is 2.38. The molecule has 0 aromatic rings. The van der Waals surface area contributed by atoms with Gasteiger partial charge in [0.2, 0.25) is 5.91 Å². The highest BCUT2D eigenvalue weighted by Crippen LogP contribution is 2.30. The zero-order valence-electron chi connectivity index (χ0n) is 13.2. The first-order valence-corrected chi connectivity index (χ1v) is 7.95. The Morgan fingerprint density at radius 3 is 2.85 bits per heavy atom. The number of carbonyl (C=O) groups excluding carboxylic acids is 1. The molecule has 5 heteroatoms. The fraction of sp³-hybridized carbons (Fsp3) is 0.933. The lowest BCUT2D eigenvalue weighted by Crippen LogP contribution is -2.57. The Labute approximate surface area is 123 Å². The van der Waals surface area contributed by atoms with Crippen LogP contribution in [-0.2, 0) is 4.79 Å². The minimum Gasteiger partial charge on any atom is -0.354 e. The Balaban J connectivity index is 1.87. The summed E-state index contributed by atoms with van der Waals surface area (Å²) in [4.78, 5) is 17.3. The second kappa shape index (κ2) is 6.87. The summed E-state index contributed by atoms with van der Waals surface area (Å²) in [6.07, 6.45) is 3.04. The number of amides is 1. The van der Waals surface area contributed by atoms with Gasteiger partial charge in [-0.1, -0.05) is 6.92 Å². The molecular formula is C15H30N4O. The van der Waals surface area contributed by atoms with Crippen LogP contribution in [0.3, 0.4) is 0 Å². The van der Waals surface area contributed by atoms with Gasteiger partial charge < -0.3 is 15.5 Å². The van der Waals surface area contributed by atoms with E-state index in [0.29, 0.717) is 6.04 Å². The zero-order valence-corrected chi connectivity index (χ0v) is 13.2. The van der Waals surface area contributed by atoms with Crippen molar-refractivity contribution in [1.82, 2.24) is 20.4 Å². The molecule has 0 saturated carbocycles. The van der Waals surface area contributed by atoms with E-state index in [9.17, 15) is 4.79 Å². The smallest absolute Gasteiger partial charge is 0.227 e. The van der Waals surface area contributed by atoms with Gasteiger partial charge in [-0.05, 0) is 39.9 Å². The summed E-state index contributed by atoms with van der Waals surface area (Å²) in [7, 11) is 4.31. The summed E-state index contributed by atoms with van der Waals surface area (Å²) < 4.78 is 0. The first kappa shape index (κ1) is 15.7. The number of nitrogens with one attached hydrogen (secondary N) is 2. The maximum atomic E-state index is 12.6. The molecule has 2 aliphatic rings. The molecule has 2 heterocycles. The van der Waals surface area contributed by atoms with Crippen LogP contribution in [0.15, 0.2) is 0 Å². The van der Waals surface area contributed by atoms with Crippen LogP contribution < -0.4 is 10.6 Å². The minimum atomic E-state index is -0.183. The Kier molecular flexibility index (Phi) is 5.41. The van der Waals surface area contributed by atoms with Crippen LogP contribution in [0.4, 0.5) is 0 Å². The van der Waals surface area contributed by atoms with Crippen molar-refractivity contribution in [2.24, 2.45) is 5.41 Å². The summed E-state index contributed by atoms with van der Waals surface area (Å²) in [6.45, 7) is 8.00. The number of piperidine rings is 1. The summed E-state index contributed by atoms with van der Waals surface area (Å²) >= 11 is 0. The van der Waals surface area contributed by atoms with Gasteiger partial charge in [0, 0.05) is 38.8 Å². The van der Waals surface area contributed by atoms with Gasteiger partial charge in [0.25, 0.3) is 0 Å². The normalized spacial score (nSPS) is 33.0. The minimum absolute atomic E-state index is 0.183. The Hall–Kier alpha value is -0.650. The van der Waals surface area contributed by atoms with Gasteiger partial charge in [-0.15, -0.1) is 0 Å². The van der Waals surface area contributed by atoms with Crippen molar-refractivity contribution in [1.29, 1.82) is 0 Å². The number of nitrogens with zero attached hydrogens (tertiary/aromatic N) is 2. The van der Waals surface area contributed by atoms with Crippen LogP contribution >= 0.6 is 0 Å². The Morgan fingerprint density at radius 1 is 1.40 bits per heavy atom. The average molecular weight is 282 g/mol. The second-order valence-corrected chi connectivity index (χ2v) is 6.52. The van der Waals surface area contributed by atoms with Gasteiger partial charge >= 0.3 is 0 Å². The summed E-state index contributed by atoms with van der Waals surface area (Å²) in [5, 5.41) is 6.60. The topological polar surface area (TPSA) is 47.6 Å². The SMILES string of the molecule is CCC1(C(=O)NCC2CN(C)CCN2C)CCCNC1. The molecule has 2 unspecified atom stereocenters. The van der Waals surface area contributed by atoms with E-state index in [4.69, 9.17) is 0 Å². The standard InChI is InChI=1S/C15H30N4O/c1-4-15(6-5-7-16-12-15)14(20)17-10-13-11-18(2)8-9-19(13)3/h13,16H,4-12H2,1-3H3,(H,17,20). The molecule has 2 fully saturated rings. The molecular weight excluding hydrogens is 252 g/mol. The van der Waals surface area contributed by atoms with Crippen molar-refractivity contribution in [3.8, 4) is 0 Å². The van der Waals surface area contributed by atoms with Crippen LogP contribution in [0.2, 0.25) is 0 Å². The zero-order chi connectivity index (χ0) is 14.6. The molecule has 0 spiro atoms. The van der Waals surface area contributed by atoms with Crippen molar-refractivity contribution >= 4 is 5.91 Å². The van der Waals surface area contributed by atoms with Crippen LogP contribution in [0.1, 0.15) is 26.2 Å². The fourth-order valence-electron chi connectivity index (χ4n) is 3.34. The molecule has 1 amide bonds. The average Bonchev–Trinajstić information content (AvgIpc) is 2.48. The van der Waals surface area contributed by atoms with Crippen molar-refractivity contribution in [2.75, 3.05) is 53.4 Å². The van der Waals surface area contributed by atoms with E-state index >= 15 is 0 Å². The number of hydrogen-bond donors (Lipinski definition) is 2. The molecule has 5 nitrogen and oxygen atoms in total. The number of likely N-dealkylation sites (N-methyl/N-ethyl adjacent to an activating group) is 2. The maximum absolute atomic E-state index is 12.6. The number of piperazine rings is 1. The van der Waals surface area contributed by atoms with Crippen LogP contribution in [0.5, 0.6) is 0 Å². The largest absolute Gasteiger partial charge is 0.354 e. The highest BCUT2D eigenvalue weighted by atomic mass is 16.2. The maximum Gasteiger partial charge on any atom is 0.227 e. The molecule has 0 aliphatic carbocycles. The lowest BCUT2D eigenvalue weighted by atomic mass is 9.77. The fourth-order valence-corrected chi connectivity index (χ4v) is 3.34. The van der Waals surface area contributed by atoms with Gasteiger partial charge in [-0.2, -0.15) is 0 Å². The van der Waals surface area contributed by atoms with Gasteiger partial charge in [-0.25, -0.2) is 0 Å². The molecule has 0 radical (unpaired) electrons. The van der Waals surface area contributed by atoms with E-state index in [1.165, 1.54) is 0 Å². The van der Waals surface area contributed by atoms with Crippen molar-refractivity contribution < 1.29 is 4.79 Å².